The van der Waals surface area contributed by atoms with Crippen LogP contribution in [0, 0.1) is 0 Å². The van der Waals surface area contributed by atoms with Gasteiger partial charge in [0.2, 0.25) is 0 Å². The van der Waals surface area contributed by atoms with Crippen molar-refractivity contribution in [2.24, 2.45) is 0 Å². The third-order valence-corrected chi connectivity index (χ3v) is 3.66. The van der Waals surface area contributed by atoms with Crippen molar-refractivity contribution in [3.8, 4) is 0 Å². The van der Waals surface area contributed by atoms with E-state index in [9.17, 15) is 5.11 Å². The van der Waals surface area contributed by atoms with E-state index >= 15 is 0 Å². The molecular weight excluding hydrogens is 224 g/mol. The SMILES string of the molecule is CC(O)Cc1cccc(C(C)N2CCNCC2)c1. The summed E-state index contributed by atoms with van der Waals surface area (Å²) in [7, 11) is 0. The lowest BCUT2D eigenvalue weighted by Crippen LogP contribution is -2.44. The van der Waals surface area contributed by atoms with E-state index in [1.807, 2.05) is 6.92 Å². The van der Waals surface area contributed by atoms with Crippen LogP contribution in [-0.4, -0.2) is 42.3 Å². The molecule has 0 aromatic heterocycles. The lowest BCUT2D eigenvalue weighted by molar-refractivity contribution is 0.185. The third kappa shape index (κ3) is 3.55. The van der Waals surface area contributed by atoms with Crippen molar-refractivity contribution in [3.63, 3.8) is 0 Å². The average Bonchev–Trinajstić information content (AvgIpc) is 2.38. The second-order valence-electron chi connectivity index (χ2n) is 5.26. The zero-order chi connectivity index (χ0) is 13.0. The smallest absolute Gasteiger partial charge is 0.0552 e. The van der Waals surface area contributed by atoms with Gasteiger partial charge in [-0.3, -0.25) is 4.90 Å². The Balaban J connectivity index is 2.06. The van der Waals surface area contributed by atoms with Crippen LogP contribution in [0.4, 0.5) is 0 Å². The van der Waals surface area contributed by atoms with Gasteiger partial charge < -0.3 is 10.4 Å². The quantitative estimate of drug-likeness (QED) is 0.849. The molecule has 0 aliphatic carbocycles. The first-order valence-corrected chi connectivity index (χ1v) is 6.88. The van der Waals surface area contributed by atoms with Gasteiger partial charge in [0.25, 0.3) is 0 Å². The fourth-order valence-corrected chi connectivity index (χ4v) is 2.60. The van der Waals surface area contributed by atoms with E-state index in [1.54, 1.807) is 0 Å². The van der Waals surface area contributed by atoms with Gasteiger partial charge in [-0.2, -0.15) is 0 Å². The van der Waals surface area contributed by atoms with Gasteiger partial charge in [-0.15, -0.1) is 0 Å². The van der Waals surface area contributed by atoms with Crippen molar-refractivity contribution >= 4 is 0 Å². The minimum atomic E-state index is -0.269. The molecule has 1 aromatic rings. The van der Waals surface area contributed by atoms with Crippen LogP contribution in [0.1, 0.15) is 31.0 Å². The summed E-state index contributed by atoms with van der Waals surface area (Å²) >= 11 is 0. The van der Waals surface area contributed by atoms with Crippen LogP contribution in [-0.2, 0) is 6.42 Å². The number of nitrogens with one attached hydrogen (secondary N) is 1. The lowest BCUT2D eigenvalue weighted by Gasteiger charge is -2.33. The van der Waals surface area contributed by atoms with Gasteiger partial charge in [0.1, 0.15) is 0 Å². The van der Waals surface area contributed by atoms with Crippen LogP contribution in [0.5, 0.6) is 0 Å². The summed E-state index contributed by atoms with van der Waals surface area (Å²) in [5.41, 5.74) is 2.58. The van der Waals surface area contributed by atoms with Crippen molar-refractivity contribution in [2.75, 3.05) is 26.2 Å². The van der Waals surface area contributed by atoms with Crippen LogP contribution in [0.3, 0.4) is 0 Å². The molecule has 0 amide bonds. The van der Waals surface area contributed by atoms with Gasteiger partial charge in [0, 0.05) is 32.2 Å². The molecule has 1 heterocycles. The van der Waals surface area contributed by atoms with Crippen molar-refractivity contribution in [2.45, 2.75) is 32.4 Å². The topological polar surface area (TPSA) is 35.5 Å². The molecule has 100 valence electrons. The maximum Gasteiger partial charge on any atom is 0.0552 e. The summed E-state index contributed by atoms with van der Waals surface area (Å²) in [6, 6.07) is 9.09. The summed E-state index contributed by atoms with van der Waals surface area (Å²) in [6.45, 7) is 8.50. The fourth-order valence-electron chi connectivity index (χ4n) is 2.60. The van der Waals surface area contributed by atoms with E-state index in [0.717, 1.165) is 32.6 Å². The molecule has 0 spiro atoms. The van der Waals surface area contributed by atoms with Crippen molar-refractivity contribution in [3.05, 3.63) is 35.4 Å². The van der Waals surface area contributed by atoms with E-state index in [0.29, 0.717) is 6.04 Å². The maximum absolute atomic E-state index is 9.47. The molecule has 18 heavy (non-hydrogen) atoms. The van der Waals surface area contributed by atoms with Gasteiger partial charge in [-0.05, 0) is 31.4 Å². The van der Waals surface area contributed by atoms with Gasteiger partial charge in [0.15, 0.2) is 0 Å². The number of piperazine rings is 1. The summed E-state index contributed by atoms with van der Waals surface area (Å²) in [5, 5.41) is 12.8. The Morgan fingerprint density at radius 3 is 2.67 bits per heavy atom. The molecule has 1 aromatic carbocycles. The molecule has 1 fully saturated rings. The molecule has 2 N–H and O–H groups in total. The highest BCUT2D eigenvalue weighted by atomic mass is 16.3. The molecule has 2 atom stereocenters. The molecule has 1 aliphatic rings. The fraction of sp³-hybridized carbons (Fsp3) is 0.600. The van der Waals surface area contributed by atoms with E-state index in [2.05, 4.69) is 41.4 Å². The summed E-state index contributed by atoms with van der Waals surface area (Å²) in [4.78, 5) is 2.51. The van der Waals surface area contributed by atoms with Gasteiger partial charge in [-0.25, -0.2) is 0 Å². The number of hydrogen-bond donors (Lipinski definition) is 2. The predicted octanol–water partition coefficient (Wildman–Crippen LogP) is 1.58. The van der Waals surface area contributed by atoms with Crippen molar-refractivity contribution < 1.29 is 5.11 Å². The van der Waals surface area contributed by atoms with Crippen LogP contribution in [0.2, 0.25) is 0 Å². The number of nitrogens with zero attached hydrogens (tertiary/aromatic N) is 1. The Kier molecular flexibility index (Phi) is 4.75. The Labute approximate surface area is 110 Å². The molecule has 3 nitrogen and oxygen atoms in total. The Bertz CT molecular complexity index is 373. The molecule has 0 bridgehead atoms. The highest BCUT2D eigenvalue weighted by Crippen LogP contribution is 2.21. The second-order valence-corrected chi connectivity index (χ2v) is 5.26. The largest absolute Gasteiger partial charge is 0.393 e. The van der Waals surface area contributed by atoms with E-state index < -0.39 is 0 Å². The molecule has 0 saturated carbocycles. The molecule has 1 aliphatic heterocycles. The molecule has 2 unspecified atom stereocenters. The van der Waals surface area contributed by atoms with Crippen LogP contribution in [0.15, 0.2) is 24.3 Å². The van der Waals surface area contributed by atoms with Gasteiger partial charge in [-0.1, -0.05) is 24.3 Å². The van der Waals surface area contributed by atoms with E-state index in [1.165, 1.54) is 11.1 Å². The zero-order valence-electron chi connectivity index (χ0n) is 11.4. The van der Waals surface area contributed by atoms with E-state index in [-0.39, 0.29) is 6.10 Å². The number of aliphatic hydroxyl groups is 1. The minimum absolute atomic E-state index is 0.269. The first-order valence-electron chi connectivity index (χ1n) is 6.88. The standard InChI is InChI=1S/C15H24N2O/c1-12(18)10-14-4-3-5-15(11-14)13(2)17-8-6-16-7-9-17/h3-5,11-13,16,18H,6-10H2,1-2H3. The first-order chi connectivity index (χ1) is 8.66. The normalized spacial score (nSPS) is 20.6. The highest BCUT2D eigenvalue weighted by Gasteiger charge is 2.17. The molecule has 1 saturated heterocycles. The monoisotopic (exact) mass is 248 g/mol. The van der Waals surface area contributed by atoms with Crippen molar-refractivity contribution in [1.82, 2.24) is 10.2 Å². The maximum atomic E-state index is 9.47. The molecular formula is C15H24N2O. The Morgan fingerprint density at radius 2 is 2.00 bits per heavy atom. The van der Waals surface area contributed by atoms with Crippen LogP contribution >= 0.6 is 0 Å². The lowest BCUT2D eigenvalue weighted by atomic mass is 10.0. The van der Waals surface area contributed by atoms with Gasteiger partial charge >= 0.3 is 0 Å². The predicted molar refractivity (Wildman–Crippen MR) is 74.7 cm³/mol. The zero-order valence-corrected chi connectivity index (χ0v) is 11.4. The minimum Gasteiger partial charge on any atom is -0.393 e. The highest BCUT2D eigenvalue weighted by molar-refractivity contribution is 5.26. The third-order valence-electron chi connectivity index (χ3n) is 3.66. The number of aliphatic hydroxyl groups excluding tert-OH is 1. The Hall–Kier alpha value is -0.900. The number of benzene rings is 1. The summed E-state index contributed by atoms with van der Waals surface area (Å²) in [5.74, 6) is 0. The number of hydrogen-bond acceptors (Lipinski definition) is 3. The van der Waals surface area contributed by atoms with Crippen LogP contribution < -0.4 is 5.32 Å². The van der Waals surface area contributed by atoms with Gasteiger partial charge in [0.05, 0.1) is 6.10 Å². The van der Waals surface area contributed by atoms with E-state index in [4.69, 9.17) is 0 Å². The Morgan fingerprint density at radius 1 is 1.28 bits per heavy atom. The molecule has 2 rings (SSSR count). The van der Waals surface area contributed by atoms with Crippen molar-refractivity contribution in [1.29, 1.82) is 0 Å². The average molecular weight is 248 g/mol. The summed E-state index contributed by atoms with van der Waals surface area (Å²) < 4.78 is 0. The summed E-state index contributed by atoms with van der Waals surface area (Å²) in [6.07, 6.45) is 0.469. The number of rotatable bonds is 4. The first kappa shape index (κ1) is 13.5. The second kappa shape index (κ2) is 6.32. The molecule has 0 radical (unpaired) electrons. The van der Waals surface area contributed by atoms with Crippen LogP contribution in [0.25, 0.3) is 0 Å². The molecule has 3 heteroatoms.